The van der Waals surface area contributed by atoms with Gasteiger partial charge < -0.3 is 4.90 Å². The molecule has 6 nitrogen and oxygen atoms in total. The number of halogens is 4. The van der Waals surface area contributed by atoms with E-state index in [0.29, 0.717) is 0 Å². The number of carbonyl (C=O) groups excluding carboxylic acids is 1. The molecule has 0 radical (unpaired) electrons. The first-order chi connectivity index (χ1) is 10.7. The van der Waals surface area contributed by atoms with Crippen LogP contribution in [-0.4, -0.2) is 51.2 Å². The maximum Gasteiger partial charge on any atom is 0.455 e. The lowest BCUT2D eigenvalue weighted by Gasteiger charge is -2.13. The molecule has 10 heteroatoms. The molecule has 1 heterocycles. The summed E-state index contributed by atoms with van der Waals surface area (Å²) in [6.45, 7) is 0. The molecule has 2 aromatic rings. The molecule has 23 heavy (non-hydrogen) atoms. The first-order valence-electron chi connectivity index (χ1n) is 6.24. The molecule has 122 valence electrons. The highest BCUT2D eigenvalue weighted by atomic mass is 19.4. The monoisotopic (exact) mass is 329 g/mol. The Hall–Kier alpha value is -2.78. The highest BCUT2D eigenvalue weighted by molar-refractivity contribution is 6.22. The van der Waals surface area contributed by atoms with Gasteiger partial charge in [-0.25, -0.2) is 4.39 Å². The average molecular weight is 329 g/mol. The van der Waals surface area contributed by atoms with Crippen LogP contribution in [-0.2, 0) is 4.79 Å². The maximum absolute atomic E-state index is 13.0. The second-order valence-corrected chi connectivity index (χ2v) is 4.72. The molecule has 1 aromatic carbocycles. The quantitative estimate of drug-likeness (QED) is 0.633. The minimum absolute atomic E-state index is 0.214. The number of tetrazole rings is 1. The summed E-state index contributed by atoms with van der Waals surface area (Å²) in [5.74, 6) is -3.00. The van der Waals surface area contributed by atoms with Crippen LogP contribution in [0.5, 0.6) is 0 Å². The van der Waals surface area contributed by atoms with Crippen LogP contribution in [0.4, 0.5) is 17.6 Å². The summed E-state index contributed by atoms with van der Waals surface area (Å²) >= 11 is 0. The first-order valence-corrected chi connectivity index (χ1v) is 6.24. The predicted molar refractivity (Wildman–Crippen MR) is 71.8 cm³/mol. The molecule has 0 aliphatic carbocycles. The Morgan fingerprint density at radius 1 is 1.22 bits per heavy atom. The van der Waals surface area contributed by atoms with Crippen LogP contribution in [0.25, 0.3) is 11.3 Å². The Bertz CT molecular complexity index is 734. The molecular formula is C13H11F4N5O. The molecular weight excluding hydrogens is 318 g/mol. The summed E-state index contributed by atoms with van der Waals surface area (Å²) in [4.78, 5) is 12.9. The van der Waals surface area contributed by atoms with E-state index >= 15 is 0 Å². The number of benzene rings is 1. The van der Waals surface area contributed by atoms with Crippen LogP contribution >= 0.6 is 0 Å². The smallest absolute Gasteiger partial charge is 0.383 e. The summed E-state index contributed by atoms with van der Waals surface area (Å²) in [5, 5.41) is 10.4. The number of rotatable bonds is 4. The fourth-order valence-electron chi connectivity index (χ4n) is 1.74. The maximum atomic E-state index is 13.0. The fourth-order valence-corrected chi connectivity index (χ4v) is 1.74. The van der Waals surface area contributed by atoms with E-state index in [0.717, 1.165) is 23.0 Å². The van der Waals surface area contributed by atoms with Crippen LogP contribution in [0.3, 0.4) is 0 Å². The molecule has 0 fully saturated rings. The standard InChI is InChI=1S/C13H11F4N5O/c1-21(2)7-10(11(23)13(15,16)17)12-18-19-20-22(12)9-5-3-8(14)4-6-9/h3-7H,1-2H3/b10-7+. The fraction of sp³-hybridized carbons (Fsp3) is 0.231. The van der Waals surface area contributed by atoms with Crippen molar-refractivity contribution >= 4 is 11.4 Å². The van der Waals surface area contributed by atoms with Crippen molar-refractivity contribution in [2.75, 3.05) is 14.1 Å². The van der Waals surface area contributed by atoms with Gasteiger partial charge in [0.2, 0.25) is 0 Å². The molecule has 0 saturated carbocycles. The van der Waals surface area contributed by atoms with E-state index in [1.807, 2.05) is 0 Å². The zero-order chi connectivity index (χ0) is 17.2. The lowest BCUT2D eigenvalue weighted by Crippen LogP contribution is -2.26. The third kappa shape index (κ3) is 3.71. The molecule has 0 atom stereocenters. The van der Waals surface area contributed by atoms with E-state index in [9.17, 15) is 22.4 Å². The molecule has 0 aliphatic heterocycles. The summed E-state index contributed by atoms with van der Waals surface area (Å²) in [5.41, 5.74) is -0.511. The van der Waals surface area contributed by atoms with Crippen molar-refractivity contribution in [1.29, 1.82) is 0 Å². The van der Waals surface area contributed by atoms with Gasteiger partial charge >= 0.3 is 6.18 Å². The number of allylic oxidation sites excluding steroid dienone is 1. The molecule has 0 spiro atoms. The topological polar surface area (TPSA) is 63.9 Å². The molecule has 0 unspecified atom stereocenters. The lowest BCUT2D eigenvalue weighted by atomic mass is 10.1. The van der Waals surface area contributed by atoms with E-state index in [2.05, 4.69) is 15.5 Å². The Balaban J connectivity index is 2.56. The van der Waals surface area contributed by atoms with Crippen LogP contribution in [0.15, 0.2) is 30.5 Å². The highest BCUT2D eigenvalue weighted by Crippen LogP contribution is 2.27. The molecule has 2 rings (SSSR count). The lowest BCUT2D eigenvalue weighted by molar-refractivity contribution is -0.164. The number of alkyl halides is 3. The van der Waals surface area contributed by atoms with E-state index in [1.54, 1.807) is 0 Å². The van der Waals surface area contributed by atoms with Gasteiger partial charge in [-0.05, 0) is 34.7 Å². The largest absolute Gasteiger partial charge is 0.455 e. The number of ketones is 1. The Morgan fingerprint density at radius 2 is 1.83 bits per heavy atom. The number of hydrogen-bond acceptors (Lipinski definition) is 5. The second-order valence-electron chi connectivity index (χ2n) is 4.72. The Morgan fingerprint density at radius 3 is 2.35 bits per heavy atom. The van der Waals surface area contributed by atoms with Crippen LogP contribution in [0, 0.1) is 5.82 Å². The van der Waals surface area contributed by atoms with Gasteiger partial charge in [-0.1, -0.05) is 0 Å². The van der Waals surface area contributed by atoms with Crippen molar-refractivity contribution < 1.29 is 22.4 Å². The van der Waals surface area contributed by atoms with Crippen molar-refractivity contribution in [2.45, 2.75) is 6.18 Å². The van der Waals surface area contributed by atoms with Crippen molar-refractivity contribution in [3.05, 3.63) is 42.1 Å². The molecule has 0 amide bonds. The van der Waals surface area contributed by atoms with E-state index in [1.165, 1.54) is 31.1 Å². The van der Waals surface area contributed by atoms with Gasteiger partial charge in [0.1, 0.15) is 5.82 Å². The Kier molecular flexibility index (Phi) is 4.43. The normalized spacial score (nSPS) is 12.3. The third-order valence-electron chi connectivity index (χ3n) is 2.67. The van der Waals surface area contributed by atoms with Gasteiger partial charge in [0, 0.05) is 20.3 Å². The molecule has 0 aliphatic rings. The molecule has 0 bridgehead atoms. The predicted octanol–water partition coefficient (Wildman–Crippen LogP) is 1.84. The number of carbonyl (C=O) groups is 1. The van der Waals surface area contributed by atoms with Crippen LogP contribution < -0.4 is 0 Å². The van der Waals surface area contributed by atoms with Crippen molar-refractivity contribution in [3.8, 4) is 5.69 Å². The van der Waals surface area contributed by atoms with Crippen LogP contribution in [0.1, 0.15) is 5.82 Å². The van der Waals surface area contributed by atoms with E-state index in [-0.39, 0.29) is 5.69 Å². The van der Waals surface area contributed by atoms with Crippen molar-refractivity contribution in [2.24, 2.45) is 0 Å². The summed E-state index contributed by atoms with van der Waals surface area (Å²) < 4.78 is 52.3. The minimum atomic E-state index is -5.08. The minimum Gasteiger partial charge on any atom is -0.383 e. The van der Waals surface area contributed by atoms with Crippen molar-refractivity contribution in [1.82, 2.24) is 25.1 Å². The molecule has 0 saturated heterocycles. The van der Waals surface area contributed by atoms with Gasteiger partial charge in [0.25, 0.3) is 5.78 Å². The second kappa shape index (κ2) is 6.15. The SMILES string of the molecule is CN(C)/C=C(\C(=O)C(F)(F)F)c1nnnn1-c1ccc(F)cc1. The third-order valence-corrected chi connectivity index (χ3v) is 2.67. The Labute approximate surface area is 128 Å². The van der Waals surface area contributed by atoms with Gasteiger partial charge in [-0.3, -0.25) is 4.79 Å². The number of hydrogen-bond donors (Lipinski definition) is 0. The molecule has 1 aromatic heterocycles. The van der Waals surface area contributed by atoms with Gasteiger partial charge in [-0.15, -0.1) is 5.10 Å². The zero-order valence-electron chi connectivity index (χ0n) is 12.0. The zero-order valence-corrected chi connectivity index (χ0v) is 12.0. The van der Waals surface area contributed by atoms with E-state index in [4.69, 9.17) is 0 Å². The van der Waals surface area contributed by atoms with Gasteiger partial charge in [0.05, 0.1) is 11.3 Å². The highest BCUT2D eigenvalue weighted by Gasteiger charge is 2.43. The van der Waals surface area contributed by atoms with E-state index < -0.39 is 29.2 Å². The number of Topliss-reactive ketones (excluding diaryl/α,β-unsaturated/α-hetero) is 1. The molecule has 0 N–H and O–H groups in total. The first kappa shape index (κ1) is 16.6. The summed E-state index contributed by atoms with van der Waals surface area (Å²) in [7, 11) is 2.91. The van der Waals surface area contributed by atoms with Gasteiger partial charge in [0.15, 0.2) is 5.82 Å². The number of aromatic nitrogens is 4. The number of nitrogens with zero attached hydrogens (tertiary/aromatic N) is 5. The summed E-state index contributed by atoms with van der Waals surface area (Å²) in [6, 6.07) is 4.75. The van der Waals surface area contributed by atoms with Crippen molar-refractivity contribution in [3.63, 3.8) is 0 Å². The average Bonchev–Trinajstić information content (AvgIpc) is 2.92. The van der Waals surface area contributed by atoms with Gasteiger partial charge in [-0.2, -0.15) is 17.9 Å². The van der Waals surface area contributed by atoms with Crippen LogP contribution in [0.2, 0.25) is 0 Å². The summed E-state index contributed by atoms with van der Waals surface area (Å²) in [6.07, 6.45) is -4.11.